The summed E-state index contributed by atoms with van der Waals surface area (Å²) in [7, 11) is 1.47. The second-order valence-electron chi connectivity index (χ2n) is 5.95. The van der Waals surface area contributed by atoms with Crippen LogP contribution in [-0.4, -0.2) is 45.0 Å². The van der Waals surface area contributed by atoms with E-state index in [4.69, 9.17) is 0 Å². The molecule has 0 aliphatic carbocycles. The van der Waals surface area contributed by atoms with Crippen LogP contribution < -0.4 is 10.9 Å². The number of carbonyl (C=O) groups excluding carboxylic acids is 3. The Labute approximate surface area is 143 Å². The molecule has 1 atom stereocenters. The van der Waals surface area contributed by atoms with E-state index in [9.17, 15) is 19.2 Å². The summed E-state index contributed by atoms with van der Waals surface area (Å²) >= 11 is 0. The summed E-state index contributed by atoms with van der Waals surface area (Å²) in [5.74, 6) is -1.35. The summed E-state index contributed by atoms with van der Waals surface area (Å²) < 4.78 is 1.11. The highest BCUT2D eigenvalue weighted by atomic mass is 16.2. The maximum Gasteiger partial charge on any atom is 0.275 e. The van der Waals surface area contributed by atoms with Crippen LogP contribution >= 0.6 is 0 Å². The number of carbonyl (C=O) groups is 3. The van der Waals surface area contributed by atoms with E-state index in [1.165, 1.54) is 11.9 Å². The topological polar surface area (TPSA) is 101 Å². The molecule has 1 aromatic carbocycles. The van der Waals surface area contributed by atoms with Gasteiger partial charge in [-0.1, -0.05) is 25.1 Å². The van der Waals surface area contributed by atoms with Gasteiger partial charge in [0.1, 0.15) is 6.04 Å². The second-order valence-corrected chi connectivity index (χ2v) is 5.95. The van der Waals surface area contributed by atoms with Crippen molar-refractivity contribution >= 4 is 28.5 Å². The van der Waals surface area contributed by atoms with Gasteiger partial charge in [0.2, 0.25) is 11.8 Å². The van der Waals surface area contributed by atoms with Gasteiger partial charge in [-0.2, -0.15) is 5.10 Å². The van der Waals surface area contributed by atoms with E-state index in [-0.39, 0.29) is 17.7 Å². The molecule has 25 heavy (non-hydrogen) atoms. The number of aromatic nitrogens is 2. The number of hydrogen-bond acceptors (Lipinski definition) is 5. The Balaban J connectivity index is 2.11. The molecule has 0 spiro atoms. The number of fused-ring (bicyclic) bond motifs is 1. The predicted molar refractivity (Wildman–Crippen MR) is 89.9 cm³/mol. The first-order chi connectivity index (χ1) is 11.9. The number of aryl methyl sites for hydroxylation is 1. The van der Waals surface area contributed by atoms with Gasteiger partial charge in [-0.3, -0.25) is 24.5 Å². The molecule has 1 aliphatic rings. The first kappa shape index (κ1) is 16.8. The van der Waals surface area contributed by atoms with Crippen LogP contribution in [0.25, 0.3) is 10.8 Å². The Bertz CT molecular complexity index is 934. The Morgan fingerprint density at radius 1 is 1.28 bits per heavy atom. The first-order valence-corrected chi connectivity index (χ1v) is 8.04. The van der Waals surface area contributed by atoms with Crippen molar-refractivity contribution in [3.63, 3.8) is 0 Å². The Hall–Kier alpha value is -3.03. The van der Waals surface area contributed by atoms with Crippen LogP contribution in [0.1, 0.15) is 30.3 Å². The van der Waals surface area contributed by atoms with Crippen molar-refractivity contribution in [2.75, 3.05) is 6.54 Å². The number of hydrogen-bond donors (Lipinski definition) is 1. The van der Waals surface area contributed by atoms with Crippen molar-refractivity contribution in [2.24, 2.45) is 7.05 Å². The third-order valence-electron chi connectivity index (χ3n) is 4.20. The van der Waals surface area contributed by atoms with Crippen molar-refractivity contribution in [3.05, 3.63) is 40.3 Å². The van der Waals surface area contributed by atoms with E-state index in [0.717, 1.165) is 4.68 Å². The molecule has 2 heterocycles. The minimum atomic E-state index is -0.849. The van der Waals surface area contributed by atoms with E-state index in [1.54, 1.807) is 24.3 Å². The summed E-state index contributed by atoms with van der Waals surface area (Å²) in [5.41, 5.74) is -0.207. The Morgan fingerprint density at radius 2 is 1.96 bits per heavy atom. The molecule has 1 saturated heterocycles. The average Bonchev–Trinajstić information content (AvgIpc) is 2.93. The molecule has 0 saturated carbocycles. The Morgan fingerprint density at radius 3 is 2.56 bits per heavy atom. The standard InChI is InChI=1S/C17H18N4O4/c1-3-8-21(12-9-13(22)18-15(12)23)17(25)14-10-6-4-5-7-11(10)16(24)20(2)19-14/h4-7,12H,3,8-9H2,1-2H3,(H,18,22,23)/t12-/m0/s1. The summed E-state index contributed by atoms with van der Waals surface area (Å²) in [6.07, 6.45) is 0.557. The van der Waals surface area contributed by atoms with Crippen molar-refractivity contribution in [1.29, 1.82) is 0 Å². The summed E-state index contributed by atoms with van der Waals surface area (Å²) in [6.45, 7) is 2.18. The molecule has 8 heteroatoms. The van der Waals surface area contributed by atoms with Crippen LogP contribution in [0.2, 0.25) is 0 Å². The highest BCUT2D eigenvalue weighted by Crippen LogP contribution is 2.19. The number of amides is 3. The van der Waals surface area contributed by atoms with Gasteiger partial charge in [-0.25, -0.2) is 4.68 Å². The van der Waals surface area contributed by atoms with Gasteiger partial charge in [0.15, 0.2) is 5.69 Å². The fraction of sp³-hybridized carbons (Fsp3) is 0.353. The number of nitrogens with zero attached hydrogens (tertiary/aromatic N) is 3. The molecule has 130 valence electrons. The number of benzene rings is 1. The molecule has 1 fully saturated rings. The van der Waals surface area contributed by atoms with Crippen molar-refractivity contribution in [2.45, 2.75) is 25.8 Å². The van der Waals surface area contributed by atoms with E-state index in [1.807, 2.05) is 6.92 Å². The zero-order valence-corrected chi connectivity index (χ0v) is 14.0. The lowest BCUT2D eigenvalue weighted by Crippen LogP contribution is -2.45. The Kier molecular flexibility index (Phi) is 4.35. The van der Waals surface area contributed by atoms with Crippen LogP contribution in [0.15, 0.2) is 29.1 Å². The monoisotopic (exact) mass is 342 g/mol. The fourth-order valence-electron chi connectivity index (χ4n) is 3.03. The number of imide groups is 1. The minimum absolute atomic E-state index is 0.0612. The largest absolute Gasteiger partial charge is 0.325 e. The van der Waals surface area contributed by atoms with Crippen LogP contribution in [0.3, 0.4) is 0 Å². The molecule has 3 rings (SSSR count). The van der Waals surface area contributed by atoms with Crippen molar-refractivity contribution < 1.29 is 14.4 Å². The van der Waals surface area contributed by atoms with E-state index in [0.29, 0.717) is 23.7 Å². The van der Waals surface area contributed by atoms with Gasteiger partial charge in [0.25, 0.3) is 11.5 Å². The third kappa shape index (κ3) is 2.90. The van der Waals surface area contributed by atoms with Gasteiger partial charge >= 0.3 is 0 Å². The normalized spacial score (nSPS) is 17.0. The molecule has 2 aromatic rings. The molecule has 8 nitrogen and oxygen atoms in total. The third-order valence-corrected chi connectivity index (χ3v) is 4.20. The number of nitrogens with one attached hydrogen (secondary N) is 1. The van der Waals surface area contributed by atoms with E-state index < -0.39 is 23.8 Å². The molecular weight excluding hydrogens is 324 g/mol. The zero-order valence-electron chi connectivity index (χ0n) is 14.0. The van der Waals surface area contributed by atoms with Gasteiger partial charge in [-0.15, -0.1) is 0 Å². The molecule has 1 aliphatic heterocycles. The van der Waals surface area contributed by atoms with Crippen LogP contribution in [0, 0.1) is 0 Å². The molecular formula is C17H18N4O4. The quantitative estimate of drug-likeness (QED) is 0.800. The van der Waals surface area contributed by atoms with Crippen LogP contribution in [0.5, 0.6) is 0 Å². The predicted octanol–water partition coefficient (Wildman–Crippen LogP) is 0.201. The second kappa shape index (κ2) is 6.46. The summed E-state index contributed by atoms with van der Waals surface area (Å²) in [6, 6.07) is 5.87. The molecule has 3 amide bonds. The molecule has 0 radical (unpaired) electrons. The smallest absolute Gasteiger partial charge is 0.275 e. The van der Waals surface area contributed by atoms with Crippen molar-refractivity contribution in [3.8, 4) is 0 Å². The van der Waals surface area contributed by atoms with E-state index >= 15 is 0 Å². The maximum absolute atomic E-state index is 13.1. The molecule has 1 N–H and O–H groups in total. The highest BCUT2D eigenvalue weighted by Gasteiger charge is 2.38. The minimum Gasteiger partial charge on any atom is -0.325 e. The van der Waals surface area contributed by atoms with E-state index in [2.05, 4.69) is 10.4 Å². The average molecular weight is 342 g/mol. The lowest BCUT2D eigenvalue weighted by molar-refractivity contribution is -0.126. The van der Waals surface area contributed by atoms with Gasteiger partial charge < -0.3 is 4.90 Å². The first-order valence-electron chi connectivity index (χ1n) is 8.04. The lowest BCUT2D eigenvalue weighted by atomic mass is 10.1. The molecule has 0 unspecified atom stereocenters. The van der Waals surface area contributed by atoms with Gasteiger partial charge in [0, 0.05) is 19.0 Å². The lowest BCUT2D eigenvalue weighted by Gasteiger charge is -2.26. The van der Waals surface area contributed by atoms with Gasteiger partial charge in [-0.05, 0) is 12.5 Å². The fourth-order valence-corrected chi connectivity index (χ4v) is 3.03. The number of rotatable bonds is 4. The van der Waals surface area contributed by atoms with Crippen LogP contribution in [-0.2, 0) is 16.6 Å². The highest BCUT2D eigenvalue weighted by molar-refractivity contribution is 6.10. The van der Waals surface area contributed by atoms with Gasteiger partial charge in [0.05, 0.1) is 11.8 Å². The summed E-state index contributed by atoms with van der Waals surface area (Å²) in [4.78, 5) is 50.2. The molecule has 0 bridgehead atoms. The van der Waals surface area contributed by atoms with Crippen molar-refractivity contribution in [1.82, 2.24) is 20.0 Å². The summed E-state index contributed by atoms with van der Waals surface area (Å²) in [5, 5.41) is 7.15. The maximum atomic E-state index is 13.1. The zero-order chi connectivity index (χ0) is 18.1. The van der Waals surface area contributed by atoms with Crippen LogP contribution in [0.4, 0.5) is 0 Å². The molecule has 1 aromatic heterocycles. The SMILES string of the molecule is CCCN(C(=O)c1nn(C)c(=O)c2ccccc12)[C@H]1CC(=O)NC1=O.